The summed E-state index contributed by atoms with van der Waals surface area (Å²) in [6.07, 6.45) is 0. The van der Waals surface area contributed by atoms with Gasteiger partial charge in [0, 0.05) is 11.6 Å². The number of nitro groups is 2. The van der Waals surface area contributed by atoms with Gasteiger partial charge >= 0.3 is 5.97 Å². The van der Waals surface area contributed by atoms with E-state index < -0.39 is 33.1 Å². The molecule has 1 aromatic carbocycles. The first-order chi connectivity index (χ1) is 8.38. The molecule has 1 rings (SSSR count). The van der Waals surface area contributed by atoms with Crippen molar-refractivity contribution in [2.24, 2.45) is 0 Å². The van der Waals surface area contributed by atoms with E-state index in [0.717, 1.165) is 19.2 Å². The predicted molar refractivity (Wildman–Crippen MR) is 60.2 cm³/mol. The molecule has 0 saturated heterocycles. The number of esters is 1. The topological polar surface area (TPSA) is 113 Å². The Morgan fingerprint density at radius 3 is 2.33 bits per heavy atom. The van der Waals surface area contributed by atoms with Crippen molar-refractivity contribution in [3.8, 4) is 0 Å². The van der Waals surface area contributed by atoms with E-state index in [2.05, 4.69) is 4.74 Å². The Kier molecular flexibility index (Phi) is 3.93. The number of non-ortho nitro benzene ring substituents is 1. The Hall–Kier alpha value is -2.51. The maximum Gasteiger partial charge on any atom is 0.313 e. The first kappa shape index (κ1) is 13.6. The second kappa shape index (κ2) is 5.21. The number of nitrogens with zero attached hydrogens (tertiary/aromatic N) is 2. The summed E-state index contributed by atoms with van der Waals surface area (Å²) in [5, 5.41) is 21.4. The molecular weight excluding hydrogens is 244 g/mol. The SMILES string of the molecule is COC(=O)[C@@H](C)c1ccc([N+](=O)[O-])cc1[N+](=O)[O-]. The number of ether oxygens (including phenoxy) is 1. The van der Waals surface area contributed by atoms with E-state index in [0.29, 0.717) is 0 Å². The Labute approximate surface area is 101 Å². The van der Waals surface area contributed by atoms with Crippen LogP contribution in [-0.2, 0) is 9.53 Å². The van der Waals surface area contributed by atoms with Gasteiger partial charge in [0.15, 0.2) is 0 Å². The summed E-state index contributed by atoms with van der Waals surface area (Å²) in [5.41, 5.74) is -0.790. The van der Waals surface area contributed by atoms with Crippen molar-refractivity contribution in [3.05, 3.63) is 44.0 Å². The summed E-state index contributed by atoms with van der Waals surface area (Å²) in [5.74, 6) is -1.51. The lowest BCUT2D eigenvalue weighted by molar-refractivity contribution is -0.394. The van der Waals surface area contributed by atoms with Crippen LogP contribution in [0.2, 0.25) is 0 Å². The molecule has 0 heterocycles. The van der Waals surface area contributed by atoms with Gasteiger partial charge in [0.05, 0.1) is 28.9 Å². The zero-order chi connectivity index (χ0) is 13.9. The summed E-state index contributed by atoms with van der Waals surface area (Å²) in [4.78, 5) is 31.2. The van der Waals surface area contributed by atoms with Gasteiger partial charge in [0.2, 0.25) is 0 Å². The molecule has 8 heteroatoms. The van der Waals surface area contributed by atoms with Crippen LogP contribution in [0.5, 0.6) is 0 Å². The molecule has 18 heavy (non-hydrogen) atoms. The number of benzene rings is 1. The van der Waals surface area contributed by atoms with Gasteiger partial charge in [-0.25, -0.2) is 0 Å². The van der Waals surface area contributed by atoms with E-state index in [9.17, 15) is 25.0 Å². The third-order valence-corrected chi connectivity index (χ3v) is 2.44. The summed E-state index contributed by atoms with van der Waals surface area (Å²) >= 11 is 0. The molecule has 0 aliphatic rings. The van der Waals surface area contributed by atoms with Crippen molar-refractivity contribution in [1.29, 1.82) is 0 Å². The van der Waals surface area contributed by atoms with E-state index in [-0.39, 0.29) is 5.56 Å². The number of hydrogen-bond donors (Lipinski definition) is 0. The fraction of sp³-hybridized carbons (Fsp3) is 0.300. The van der Waals surface area contributed by atoms with Crippen molar-refractivity contribution < 1.29 is 19.4 Å². The van der Waals surface area contributed by atoms with Crippen LogP contribution in [0.25, 0.3) is 0 Å². The van der Waals surface area contributed by atoms with E-state index in [4.69, 9.17) is 0 Å². The molecule has 0 amide bonds. The molecular formula is C10H10N2O6. The highest BCUT2D eigenvalue weighted by Crippen LogP contribution is 2.30. The molecule has 96 valence electrons. The maximum atomic E-state index is 11.3. The second-order valence-electron chi connectivity index (χ2n) is 3.50. The van der Waals surface area contributed by atoms with Gasteiger partial charge in [-0.2, -0.15) is 0 Å². The Morgan fingerprint density at radius 1 is 1.28 bits per heavy atom. The van der Waals surface area contributed by atoms with Crippen molar-refractivity contribution in [3.63, 3.8) is 0 Å². The predicted octanol–water partition coefficient (Wildman–Crippen LogP) is 1.78. The molecule has 0 bridgehead atoms. The molecule has 0 fully saturated rings. The van der Waals surface area contributed by atoms with Crippen LogP contribution >= 0.6 is 0 Å². The van der Waals surface area contributed by atoms with Crippen LogP contribution in [0, 0.1) is 20.2 Å². The zero-order valence-electron chi connectivity index (χ0n) is 9.65. The van der Waals surface area contributed by atoms with Gasteiger partial charge in [-0.05, 0) is 13.0 Å². The fourth-order valence-electron chi connectivity index (χ4n) is 1.47. The average molecular weight is 254 g/mol. The number of methoxy groups -OCH3 is 1. The minimum Gasteiger partial charge on any atom is -0.469 e. The lowest BCUT2D eigenvalue weighted by Crippen LogP contribution is -2.12. The van der Waals surface area contributed by atoms with Crippen molar-refractivity contribution in [1.82, 2.24) is 0 Å². The molecule has 0 radical (unpaired) electrons. The van der Waals surface area contributed by atoms with Crippen molar-refractivity contribution in [2.45, 2.75) is 12.8 Å². The van der Waals surface area contributed by atoms with Crippen molar-refractivity contribution >= 4 is 17.3 Å². The Bertz CT molecular complexity index is 513. The minimum atomic E-state index is -0.865. The molecule has 0 aliphatic carbocycles. The lowest BCUT2D eigenvalue weighted by Gasteiger charge is -2.09. The van der Waals surface area contributed by atoms with Crippen LogP contribution in [0.4, 0.5) is 11.4 Å². The van der Waals surface area contributed by atoms with E-state index in [1.807, 2.05) is 0 Å². The van der Waals surface area contributed by atoms with Gasteiger partial charge < -0.3 is 4.74 Å². The molecule has 8 nitrogen and oxygen atoms in total. The van der Waals surface area contributed by atoms with Crippen LogP contribution < -0.4 is 0 Å². The van der Waals surface area contributed by atoms with Gasteiger partial charge in [-0.3, -0.25) is 25.0 Å². The highest BCUT2D eigenvalue weighted by molar-refractivity contribution is 5.79. The molecule has 1 atom stereocenters. The number of rotatable bonds is 4. The third-order valence-electron chi connectivity index (χ3n) is 2.44. The third kappa shape index (κ3) is 2.59. The van der Waals surface area contributed by atoms with Gasteiger partial charge in [0.25, 0.3) is 11.4 Å². The number of nitro benzene ring substituents is 2. The van der Waals surface area contributed by atoms with Gasteiger partial charge in [0.1, 0.15) is 0 Å². The zero-order valence-corrected chi connectivity index (χ0v) is 9.65. The standard InChI is InChI=1S/C10H10N2O6/c1-6(10(13)18-2)8-4-3-7(11(14)15)5-9(8)12(16)17/h3-6H,1-2H3/t6-/m0/s1. The van der Waals surface area contributed by atoms with Crippen LogP contribution in [0.3, 0.4) is 0 Å². The molecule has 0 N–H and O–H groups in total. The average Bonchev–Trinajstić information content (AvgIpc) is 2.35. The Balaban J connectivity index is 3.32. The fourth-order valence-corrected chi connectivity index (χ4v) is 1.47. The molecule has 1 aromatic rings. The lowest BCUT2D eigenvalue weighted by atomic mass is 9.99. The summed E-state index contributed by atoms with van der Waals surface area (Å²) < 4.78 is 4.48. The molecule has 0 aromatic heterocycles. The van der Waals surface area contributed by atoms with Crippen LogP contribution in [-0.4, -0.2) is 22.9 Å². The highest BCUT2D eigenvalue weighted by atomic mass is 16.6. The first-order valence-corrected chi connectivity index (χ1v) is 4.89. The van der Waals surface area contributed by atoms with E-state index in [1.165, 1.54) is 13.0 Å². The molecule has 0 spiro atoms. The van der Waals surface area contributed by atoms with Crippen molar-refractivity contribution in [2.75, 3.05) is 7.11 Å². The first-order valence-electron chi connectivity index (χ1n) is 4.89. The number of carbonyl (C=O) groups excluding carboxylic acids is 1. The van der Waals surface area contributed by atoms with Crippen LogP contribution in [0.1, 0.15) is 18.4 Å². The van der Waals surface area contributed by atoms with Gasteiger partial charge in [-0.1, -0.05) is 0 Å². The number of carbonyl (C=O) groups is 1. The summed E-state index contributed by atoms with van der Waals surface area (Å²) in [6.45, 7) is 1.43. The second-order valence-corrected chi connectivity index (χ2v) is 3.50. The summed E-state index contributed by atoms with van der Waals surface area (Å²) in [6, 6.07) is 3.13. The normalized spacial score (nSPS) is 11.7. The minimum absolute atomic E-state index is 0.0810. The molecule has 0 saturated carbocycles. The maximum absolute atomic E-state index is 11.3. The van der Waals surface area contributed by atoms with E-state index in [1.54, 1.807) is 0 Å². The van der Waals surface area contributed by atoms with Gasteiger partial charge in [-0.15, -0.1) is 0 Å². The smallest absolute Gasteiger partial charge is 0.313 e. The monoisotopic (exact) mass is 254 g/mol. The number of hydrogen-bond acceptors (Lipinski definition) is 6. The molecule has 0 aliphatic heterocycles. The Morgan fingerprint density at radius 2 is 1.89 bits per heavy atom. The highest BCUT2D eigenvalue weighted by Gasteiger charge is 2.27. The summed E-state index contributed by atoms with van der Waals surface area (Å²) in [7, 11) is 1.16. The molecule has 0 unspecified atom stereocenters. The van der Waals surface area contributed by atoms with E-state index >= 15 is 0 Å². The largest absolute Gasteiger partial charge is 0.469 e. The van der Waals surface area contributed by atoms with Crippen LogP contribution in [0.15, 0.2) is 18.2 Å². The quantitative estimate of drug-likeness (QED) is 0.459.